The van der Waals surface area contributed by atoms with Crippen molar-refractivity contribution in [2.24, 2.45) is 5.10 Å². The highest BCUT2D eigenvalue weighted by Gasteiger charge is 2.24. The zero-order valence-electron chi connectivity index (χ0n) is 17.7. The maximum Gasteiger partial charge on any atom is 0.257 e. The average Bonchev–Trinajstić information content (AvgIpc) is 3.10. The van der Waals surface area contributed by atoms with Crippen LogP contribution in [-0.2, 0) is 6.54 Å². The lowest BCUT2D eigenvalue weighted by molar-refractivity contribution is 0.0953. The van der Waals surface area contributed by atoms with Crippen LogP contribution in [-0.4, -0.2) is 26.8 Å². The molecule has 7 nitrogen and oxygen atoms in total. The molecule has 5 aromatic rings. The lowest BCUT2D eigenvalue weighted by atomic mass is 10.2. The molecule has 1 amide bonds. The Morgan fingerprint density at radius 1 is 1.06 bits per heavy atom. The van der Waals surface area contributed by atoms with Crippen molar-refractivity contribution in [2.45, 2.75) is 6.54 Å². The zero-order chi connectivity index (χ0) is 23.7. The van der Waals surface area contributed by atoms with Gasteiger partial charge in [-0.05, 0) is 47.5 Å². The van der Waals surface area contributed by atoms with E-state index in [9.17, 15) is 9.18 Å². The molecule has 3 N–H and O–H groups in total. The first-order valence-electron chi connectivity index (χ1n) is 10.4. The van der Waals surface area contributed by atoms with Gasteiger partial charge in [-0.25, -0.2) is 14.4 Å². The number of anilines is 1. The Balaban J connectivity index is 1.58. The van der Waals surface area contributed by atoms with Gasteiger partial charge in [0, 0.05) is 11.6 Å². The summed E-state index contributed by atoms with van der Waals surface area (Å²) in [6.45, 7) is 0.192. The topological polar surface area (TPSA) is 98.2 Å². The number of hydrogen-bond acceptors (Lipinski definition) is 5. The van der Waals surface area contributed by atoms with Crippen LogP contribution in [0, 0.1) is 5.82 Å². The highest BCUT2D eigenvalue weighted by atomic mass is 35.5. The third-order valence-electron chi connectivity index (χ3n) is 5.24. The summed E-state index contributed by atoms with van der Waals surface area (Å²) < 4.78 is 14.6. The first-order chi connectivity index (χ1) is 16.5. The van der Waals surface area contributed by atoms with Crippen LogP contribution in [0.1, 0.15) is 21.5 Å². The molecule has 0 radical (unpaired) electrons. The van der Waals surface area contributed by atoms with Crippen molar-refractivity contribution in [3.05, 3.63) is 100 Å². The SMILES string of the molecule is Nc1c(C(=O)NCc2ccc(F)cc2)c2nc3ccccc3nc2n1/N=C/c1cccc(Cl)c1. The number of nitrogens with two attached hydrogens (primary N) is 1. The van der Waals surface area contributed by atoms with Crippen molar-refractivity contribution >= 4 is 51.7 Å². The van der Waals surface area contributed by atoms with Crippen molar-refractivity contribution in [1.82, 2.24) is 20.0 Å². The number of aromatic nitrogens is 3. The normalized spacial score (nSPS) is 11.5. The van der Waals surface area contributed by atoms with E-state index in [1.165, 1.54) is 16.8 Å². The molecule has 0 saturated heterocycles. The van der Waals surface area contributed by atoms with Crippen molar-refractivity contribution in [2.75, 3.05) is 5.73 Å². The summed E-state index contributed by atoms with van der Waals surface area (Å²) in [5, 5.41) is 7.86. The van der Waals surface area contributed by atoms with Gasteiger partial charge in [-0.15, -0.1) is 0 Å². The van der Waals surface area contributed by atoms with Crippen molar-refractivity contribution in [1.29, 1.82) is 0 Å². The van der Waals surface area contributed by atoms with Crippen LogP contribution in [0.25, 0.3) is 22.2 Å². The quantitative estimate of drug-likeness (QED) is 0.360. The van der Waals surface area contributed by atoms with E-state index in [0.717, 1.165) is 11.1 Å². The second-order valence-electron chi connectivity index (χ2n) is 7.57. The Hall–Kier alpha value is -4.30. The van der Waals surface area contributed by atoms with Gasteiger partial charge in [-0.1, -0.05) is 48.0 Å². The minimum absolute atomic E-state index is 0.0974. The number of nitrogens with zero attached hydrogens (tertiary/aromatic N) is 4. The van der Waals surface area contributed by atoms with Gasteiger partial charge in [-0.3, -0.25) is 4.79 Å². The lowest BCUT2D eigenvalue weighted by Crippen LogP contribution is -2.23. The summed E-state index contributed by atoms with van der Waals surface area (Å²) in [5.41, 5.74) is 10.0. The van der Waals surface area contributed by atoms with Crippen LogP contribution < -0.4 is 11.1 Å². The molecule has 0 spiro atoms. The fraction of sp³-hybridized carbons (Fsp3) is 0.0400. The van der Waals surface area contributed by atoms with Gasteiger partial charge in [0.2, 0.25) is 0 Å². The number of para-hydroxylation sites is 2. The third kappa shape index (κ3) is 4.18. The number of nitrogens with one attached hydrogen (secondary N) is 1. The molecule has 0 saturated carbocycles. The van der Waals surface area contributed by atoms with Gasteiger partial charge in [0.1, 0.15) is 22.7 Å². The number of carbonyl (C=O) groups is 1. The summed E-state index contributed by atoms with van der Waals surface area (Å²) in [5.74, 6) is -0.685. The van der Waals surface area contributed by atoms with E-state index in [2.05, 4.69) is 20.4 Å². The van der Waals surface area contributed by atoms with E-state index in [1.807, 2.05) is 36.4 Å². The highest BCUT2D eigenvalue weighted by molar-refractivity contribution is 6.30. The first-order valence-corrected chi connectivity index (χ1v) is 10.8. The Labute approximate surface area is 198 Å². The predicted octanol–water partition coefficient (Wildman–Crippen LogP) is 4.77. The Morgan fingerprint density at radius 3 is 2.53 bits per heavy atom. The summed E-state index contributed by atoms with van der Waals surface area (Å²) in [6.07, 6.45) is 1.58. The van der Waals surface area contributed by atoms with Crippen molar-refractivity contribution in [3.63, 3.8) is 0 Å². The molecular weight excluding hydrogens is 455 g/mol. The van der Waals surface area contributed by atoms with E-state index in [-0.39, 0.29) is 23.7 Å². The molecule has 0 aliphatic heterocycles. The molecule has 5 rings (SSSR count). The molecule has 34 heavy (non-hydrogen) atoms. The number of fused-ring (bicyclic) bond motifs is 2. The second-order valence-corrected chi connectivity index (χ2v) is 8.00. The van der Waals surface area contributed by atoms with Gasteiger partial charge in [0.25, 0.3) is 5.91 Å². The molecule has 2 heterocycles. The fourth-order valence-electron chi connectivity index (χ4n) is 3.57. The van der Waals surface area contributed by atoms with Crippen LogP contribution >= 0.6 is 11.6 Å². The van der Waals surface area contributed by atoms with E-state index in [0.29, 0.717) is 27.2 Å². The van der Waals surface area contributed by atoms with Crippen LogP contribution in [0.3, 0.4) is 0 Å². The standard InChI is InChI=1S/C25H18ClFN6O/c26-17-5-3-4-16(12-17)14-30-33-23(28)21(25(34)29-13-15-8-10-18(27)11-9-15)22-24(33)32-20-7-2-1-6-19(20)31-22/h1-12,14H,13,28H2,(H,29,34)/b30-14+. The van der Waals surface area contributed by atoms with Gasteiger partial charge in [-0.2, -0.15) is 9.78 Å². The Bertz CT molecular complexity index is 1560. The third-order valence-corrected chi connectivity index (χ3v) is 5.47. The molecule has 168 valence electrons. The van der Waals surface area contributed by atoms with Gasteiger partial charge in [0.15, 0.2) is 5.65 Å². The van der Waals surface area contributed by atoms with Gasteiger partial charge < -0.3 is 11.1 Å². The number of hydrogen-bond donors (Lipinski definition) is 2. The highest BCUT2D eigenvalue weighted by Crippen LogP contribution is 2.28. The molecule has 9 heteroatoms. The van der Waals surface area contributed by atoms with Crippen LogP contribution in [0.5, 0.6) is 0 Å². The van der Waals surface area contributed by atoms with Crippen molar-refractivity contribution < 1.29 is 9.18 Å². The monoisotopic (exact) mass is 472 g/mol. The molecular formula is C25H18ClFN6O. The lowest BCUT2D eigenvalue weighted by Gasteiger charge is -2.06. The van der Waals surface area contributed by atoms with E-state index < -0.39 is 5.91 Å². The molecule has 0 unspecified atom stereocenters. The smallest absolute Gasteiger partial charge is 0.257 e. The maximum absolute atomic E-state index is 13.2. The molecule has 2 aromatic heterocycles. The summed E-state index contributed by atoms with van der Waals surface area (Å²) >= 11 is 6.07. The fourth-order valence-corrected chi connectivity index (χ4v) is 3.77. The first kappa shape index (κ1) is 21.5. The van der Waals surface area contributed by atoms with Crippen LogP contribution in [0.2, 0.25) is 5.02 Å². The largest absolute Gasteiger partial charge is 0.383 e. The van der Waals surface area contributed by atoms with Crippen LogP contribution in [0.4, 0.5) is 10.2 Å². The second kappa shape index (κ2) is 8.92. The average molecular weight is 473 g/mol. The Morgan fingerprint density at radius 2 is 1.79 bits per heavy atom. The maximum atomic E-state index is 13.2. The van der Waals surface area contributed by atoms with E-state index in [1.54, 1.807) is 30.5 Å². The number of nitrogen functional groups attached to an aromatic ring is 1. The summed E-state index contributed by atoms with van der Waals surface area (Å²) in [4.78, 5) is 22.5. The molecule has 0 aliphatic rings. The zero-order valence-corrected chi connectivity index (χ0v) is 18.5. The number of carbonyl (C=O) groups excluding carboxylic acids is 1. The minimum Gasteiger partial charge on any atom is -0.383 e. The van der Waals surface area contributed by atoms with Gasteiger partial charge in [0.05, 0.1) is 17.2 Å². The molecule has 0 fully saturated rings. The summed E-state index contributed by atoms with van der Waals surface area (Å²) in [7, 11) is 0. The van der Waals surface area contributed by atoms with E-state index >= 15 is 0 Å². The number of halogens is 2. The molecule has 0 bridgehead atoms. The summed E-state index contributed by atoms with van der Waals surface area (Å²) in [6, 6.07) is 20.4. The molecule has 3 aromatic carbocycles. The number of benzene rings is 3. The minimum atomic E-state index is -0.437. The molecule has 0 aliphatic carbocycles. The van der Waals surface area contributed by atoms with E-state index in [4.69, 9.17) is 17.3 Å². The predicted molar refractivity (Wildman–Crippen MR) is 131 cm³/mol. The number of amides is 1. The molecule has 0 atom stereocenters. The van der Waals surface area contributed by atoms with Gasteiger partial charge >= 0.3 is 0 Å². The number of rotatable bonds is 5. The van der Waals surface area contributed by atoms with Crippen molar-refractivity contribution in [3.8, 4) is 0 Å². The van der Waals surface area contributed by atoms with Crippen LogP contribution in [0.15, 0.2) is 77.9 Å². The Kier molecular flexibility index (Phi) is 5.65.